The quantitative estimate of drug-likeness (QED) is 0.300. The van der Waals surface area contributed by atoms with E-state index in [0.29, 0.717) is 16.9 Å². The van der Waals surface area contributed by atoms with Gasteiger partial charge in [-0.25, -0.2) is 4.79 Å². The molecule has 2 aliphatic heterocycles. The van der Waals surface area contributed by atoms with Crippen molar-refractivity contribution in [1.29, 1.82) is 0 Å². The van der Waals surface area contributed by atoms with Gasteiger partial charge in [-0.05, 0) is 11.1 Å². The molecule has 1 aromatic carbocycles. The van der Waals surface area contributed by atoms with E-state index < -0.39 is 41.8 Å². The third-order valence-electron chi connectivity index (χ3n) is 4.94. The number of thioether (sulfide) groups is 2. The van der Waals surface area contributed by atoms with Gasteiger partial charge >= 0.3 is 5.97 Å². The third kappa shape index (κ3) is 4.24. The molecule has 5 N–H and O–H groups in total. The van der Waals surface area contributed by atoms with E-state index in [1.165, 1.54) is 16.7 Å². The van der Waals surface area contributed by atoms with Crippen LogP contribution in [0, 0.1) is 0 Å². The van der Waals surface area contributed by atoms with Crippen molar-refractivity contribution in [3.63, 3.8) is 0 Å². The maximum atomic E-state index is 12.8. The Morgan fingerprint density at radius 1 is 1.34 bits per heavy atom. The predicted octanol–water partition coefficient (Wildman–Crippen LogP) is 0.0926. The highest BCUT2D eigenvalue weighted by molar-refractivity contribution is 8.01. The average molecular weight is 478 g/mol. The number of carbonyl (C=O) groups is 3. The van der Waals surface area contributed by atoms with Gasteiger partial charge in [-0.15, -0.1) is 22.0 Å². The van der Waals surface area contributed by atoms with Crippen molar-refractivity contribution in [3.05, 3.63) is 53.1 Å². The van der Waals surface area contributed by atoms with Gasteiger partial charge in [0.1, 0.15) is 29.8 Å². The number of nitrogens with zero attached hydrogens (tertiary/aromatic N) is 3. The molecular formula is C19H19N5O6S2. The number of carbonyl (C=O) groups excluding carboxylic acids is 2. The second-order valence-electron chi connectivity index (χ2n) is 6.95. The molecule has 168 valence electrons. The van der Waals surface area contributed by atoms with Gasteiger partial charge in [0.15, 0.2) is 0 Å². The highest BCUT2D eigenvalue weighted by atomic mass is 32.2. The summed E-state index contributed by atoms with van der Waals surface area (Å²) in [7, 11) is 0. The number of benzene rings is 1. The van der Waals surface area contributed by atoms with Gasteiger partial charge in [-0.2, -0.15) is 0 Å². The Hall–Kier alpha value is -2.87. The van der Waals surface area contributed by atoms with Gasteiger partial charge in [-0.3, -0.25) is 14.5 Å². The lowest BCUT2D eigenvalue weighted by atomic mass is 10.0. The molecule has 0 saturated carbocycles. The van der Waals surface area contributed by atoms with Crippen LogP contribution in [-0.2, 0) is 21.0 Å². The van der Waals surface area contributed by atoms with Gasteiger partial charge in [-0.1, -0.05) is 42.1 Å². The number of nitrogens with two attached hydrogens (primary N) is 1. The number of carboxylic acid groups (broad SMARTS) is 1. The molecule has 32 heavy (non-hydrogen) atoms. The van der Waals surface area contributed by atoms with Crippen LogP contribution in [0.1, 0.15) is 17.5 Å². The molecule has 1 aromatic heterocycles. The number of fused-ring (bicyclic) bond motifs is 1. The highest BCUT2D eigenvalue weighted by Crippen LogP contribution is 2.41. The molecular weight excluding hydrogens is 458 g/mol. The van der Waals surface area contributed by atoms with Crippen molar-refractivity contribution in [2.75, 3.05) is 11.5 Å². The van der Waals surface area contributed by atoms with Crippen molar-refractivity contribution in [3.8, 4) is 0 Å². The molecule has 3 heterocycles. The molecule has 1 unspecified atom stereocenters. The fraction of sp³-hybridized carbons (Fsp3) is 0.316. The number of carboxylic acids is 1. The van der Waals surface area contributed by atoms with Crippen molar-refractivity contribution >= 4 is 41.3 Å². The van der Waals surface area contributed by atoms with E-state index in [9.17, 15) is 19.5 Å². The maximum absolute atomic E-state index is 12.8. The number of hydrogen-bond acceptors (Lipinski definition) is 10. The Morgan fingerprint density at radius 3 is 2.75 bits per heavy atom. The number of aliphatic hydroxyl groups excluding tert-OH is 1. The largest absolute Gasteiger partial charge is 0.477 e. The summed E-state index contributed by atoms with van der Waals surface area (Å²) in [6, 6.07) is 6.98. The SMILES string of the molecule is N[C@@H](C(=O)NC1C(=O)N2C(C(=O)O)=C(CSc3nnc(CO)o3)CS[C@H]12)c1ccccc1. The first-order chi connectivity index (χ1) is 15.4. The summed E-state index contributed by atoms with van der Waals surface area (Å²) < 4.78 is 5.20. The summed E-state index contributed by atoms with van der Waals surface area (Å²) in [6.07, 6.45) is 0. The maximum Gasteiger partial charge on any atom is 0.352 e. The summed E-state index contributed by atoms with van der Waals surface area (Å²) in [4.78, 5) is 38.4. The molecule has 13 heteroatoms. The number of aliphatic hydroxyl groups is 1. The summed E-state index contributed by atoms with van der Waals surface area (Å²) in [5.41, 5.74) is 7.02. The summed E-state index contributed by atoms with van der Waals surface area (Å²) in [6.45, 7) is -0.391. The van der Waals surface area contributed by atoms with Crippen LogP contribution in [0.15, 0.2) is 51.2 Å². The fourth-order valence-corrected chi connectivity index (χ4v) is 5.62. The lowest BCUT2D eigenvalue weighted by molar-refractivity contribution is -0.150. The monoisotopic (exact) mass is 477 g/mol. The van der Waals surface area contributed by atoms with Crippen LogP contribution in [0.2, 0.25) is 0 Å². The lowest BCUT2D eigenvalue weighted by Gasteiger charge is -2.49. The van der Waals surface area contributed by atoms with E-state index in [-0.39, 0.29) is 22.6 Å². The number of rotatable bonds is 8. The first-order valence-corrected chi connectivity index (χ1v) is 11.5. The standard InChI is InChI=1S/C19H19N5O6S2/c20-12(9-4-2-1-3-5-9)15(26)21-13-16(27)24-14(18(28)29)10(7-31-17(13)24)8-32-19-23-22-11(6-25)30-19/h1-5,12-13,17,25H,6-8,20H2,(H,21,26)(H,28,29)/t12-,13?,17-/m1/s1. The molecule has 11 nitrogen and oxygen atoms in total. The molecule has 0 spiro atoms. The zero-order valence-corrected chi connectivity index (χ0v) is 18.1. The average Bonchev–Trinajstić information content (AvgIpc) is 3.28. The van der Waals surface area contributed by atoms with Gasteiger partial charge in [0.25, 0.3) is 11.1 Å². The molecule has 1 fully saturated rings. The normalized spacial score (nSPS) is 21.1. The number of β-lactam (4-membered cyclic amide) rings is 1. The topological polar surface area (TPSA) is 172 Å². The Kier molecular flexibility index (Phi) is 6.50. The van der Waals surface area contributed by atoms with Crippen molar-refractivity contribution < 1.29 is 29.0 Å². The van der Waals surface area contributed by atoms with E-state index in [1.54, 1.807) is 30.3 Å². The Balaban J connectivity index is 1.44. The zero-order chi connectivity index (χ0) is 22.8. The number of amides is 2. The van der Waals surface area contributed by atoms with Crippen molar-refractivity contribution in [2.24, 2.45) is 5.73 Å². The van der Waals surface area contributed by atoms with Crippen LogP contribution in [0.4, 0.5) is 0 Å². The van der Waals surface area contributed by atoms with E-state index >= 15 is 0 Å². The van der Waals surface area contributed by atoms with Crippen LogP contribution in [0.3, 0.4) is 0 Å². The fourth-order valence-electron chi connectivity index (χ4n) is 3.36. The minimum atomic E-state index is -1.23. The molecule has 0 aliphatic carbocycles. The van der Waals surface area contributed by atoms with E-state index in [0.717, 1.165) is 11.8 Å². The zero-order valence-electron chi connectivity index (χ0n) is 16.5. The van der Waals surface area contributed by atoms with Crippen LogP contribution in [0.5, 0.6) is 0 Å². The summed E-state index contributed by atoms with van der Waals surface area (Å²) in [5.74, 6) is -1.62. The summed E-state index contributed by atoms with van der Waals surface area (Å²) in [5, 5.41) is 28.4. The molecule has 3 atom stereocenters. The second kappa shape index (κ2) is 9.32. The summed E-state index contributed by atoms with van der Waals surface area (Å²) >= 11 is 2.47. The number of aliphatic carboxylic acids is 1. The number of nitrogens with one attached hydrogen (secondary N) is 1. The molecule has 2 aliphatic rings. The Labute approximate surface area is 190 Å². The predicted molar refractivity (Wildman–Crippen MR) is 114 cm³/mol. The van der Waals surface area contributed by atoms with Gasteiger partial charge in [0, 0.05) is 11.5 Å². The molecule has 0 radical (unpaired) electrons. The van der Waals surface area contributed by atoms with Crippen molar-refractivity contribution in [2.45, 2.75) is 29.3 Å². The molecule has 1 saturated heterocycles. The van der Waals surface area contributed by atoms with Gasteiger partial charge in [0.2, 0.25) is 11.8 Å². The molecule has 2 amide bonds. The Bertz CT molecular complexity index is 1080. The number of aromatic nitrogens is 2. The van der Waals surface area contributed by atoms with Crippen LogP contribution in [-0.4, -0.2) is 66.0 Å². The van der Waals surface area contributed by atoms with E-state index in [4.69, 9.17) is 15.3 Å². The molecule has 0 bridgehead atoms. The minimum absolute atomic E-state index is 0.0586. The van der Waals surface area contributed by atoms with E-state index in [1.807, 2.05) is 0 Å². The smallest absolute Gasteiger partial charge is 0.352 e. The van der Waals surface area contributed by atoms with Crippen LogP contribution in [0.25, 0.3) is 0 Å². The van der Waals surface area contributed by atoms with Crippen molar-refractivity contribution in [1.82, 2.24) is 20.4 Å². The number of hydrogen-bond donors (Lipinski definition) is 4. The van der Waals surface area contributed by atoms with E-state index in [2.05, 4.69) is 15.5 Å². The lowest BCUT2D eigenvalue weighted by Crippen LogP contribution is -2.71. The first kappa shape index (κ1) is 22.3. The molecule has 4 rings (SSSR count). The van der Waals surface area contributed by atoms with Crippen LogP contribution < -0.4 is 11.1 Å². The highest BCUT2D eigenvalue weighted by Gasteiger charge is 2.54. The Morgan fingerprint density at radius 2 is 2.09 bits per heavy atom. The minimum Gasteiger partial charge on any atom is -0.477 e. The second-order valence-corrected chi connectivity index (χ2v) is 8.98. The third-order valence-corrected chi connectivity index (χ3v) is 7.19. The van der Waals surface area contributed by atoms with Gasteiger partial charge < -0.3 is 25.7 Å². The molecule has 2 aromatic rings. The van der Waals surface area contributed by atoms with Crippen LogP contribution >= 0.6 is 23.5 Å². The van der Waals surface area contributed by atoms with Gasteiger partial charge in [0.05, 0.1) is 0 Å². The first-order valence-electron chi connectivity index (χ1n) is 9.47.